The summed E-state index contributed by atoms with van der Waals surface area (Å²) in [6, 6.07) is 7.43. The van der Waals surface area contributed by atoms with Crippen LogP contribution in [0.5, 0.6) is 5.75 Å². The van der Waals surface area contributed by atoms with Crippen molar-refractivity contribution in [3.63, 3.8) is 0 Å². The molecule has 2 rings (SSSR count). The summed E-state index contributed by atoms with van der Waals surface area (Å²) >= 11 is 0. The molecule has 104 valence electrons. The number of carbonyl (C=O) groups excluding carboxylic acids is 1. The number of nitrogens with two attached hydrogens (primary N) is 1. The lowest BCUT2D eigenvalue weighted by Gasteiger charge is -2.21. The van der Waals surface area contributed by atoms with Gasteiger partial charge in [-0.2, -0.15) is 0 Å². The highest BCUT2D eigenvalue weighted by Crippen LogP contribution is 2.17. The number of nitrogens with zero attached hydrogens (tertiary/aromatic N) is 1. The van der Waals surface area contributed by atoms with E-state index in [1.54, 1.807) is 0 Å². The fourth-order valence-corrected chi connectivity index (χ4v) is 2.34. The minimum absolute atomic E-state index is 0.378. The number of hydrogen-bond donors (Lipinski definition) is 2. The first kappa shape index (κ1) is 13.8. The zero-order valence-corrected chi connectivity index (χ0v) is 11.1. The SMILES string of the molecule is Cc1ccc(OCCN2C[C@H](O)C[C@H]2C(N)=O)cc1. The lowest BCUT2D eigenvalue weighted by Crippen LogP contribution is -2.42. The average molecular weight is 264 g/mol. The predicted molar refractivity (Wildman–Crippen MR) is 71.9 cm³/mol. The van der Waals surface area contributed by atoms with Crippen LogP contribution >= 0.6 is 0 Å². The summed E-state index contributed by atoms with van der Waals surface area (Å²) < 4.78 is 5.61. The van der Waals surface area contributed by atoms with E-state index in [1.165, 1.54) is 5.56 Å². The smallest absolute Gasteiger partial charge is 0.234 e. The Balaban J connectivity index is 1.81. The van der Waals surface area contributed by atoms with Gasteiger partial charge in [0.15, 0.2) is 0 Å². The number of rotatable bonds is 5. The highest BCUT2D eigenvalue weighted by molar-refractivity contribution is 5.80. The molecule has 1 aromatic carbocycles. The van der Waals surface area contributed by atoms with Gasteiger partial charge in [0.1, 0.15) is 12.4 Å². The number of carbonyl (C=O) groups is 1. The van der Waals surface area contributed by atoms with Gasteiger partial charge in [-0.05, 0) is 25.5 Å². The number of primary amides is 1. The van der Waals surface area contributed by atoms with Gasteiger partial charge < -0.3 is 15.6 Å². The second kappa shape index (κ2) is 6.04. The maximum absolute atomic E-state index is 11.3. The summed E-state index contributed by atoms with van der Waals surface area (Å²) in [4.78, 5) is 13.1. The van der Waals surface area contributed by atoms with E-state index in [-0.39, 0.29) is 11.9 Å². The molecule has 0 aromatic heterocycles. The lowest BCUT2D eigenvalue weighted by molar-refractivity contribution is -0.122. The van der Waals surface area contributed by atoms with Crippen LogP contribution < -0.4 is 10.5 Å². The van der Waals surface area contributed by atoms with Crippen LogP contribution in [0.4, 0.5) is 0 Å². The monoisotopic (exact) mass is 264 g/mol. The average Bonchev–Trinajstić information content (AvgIpc) is 2.73. The molecule has 0 saturated carbocycles. The van der Waals surface area contributed by atoms with E-state index in [1.807, 2.05) is 36.1 Å². The standard InChI is InChI=1S/C14H20N2O3/c1-10-2-4-12(5-3-10)19-7-6-16-9-11(17)8-13(16)14(15)18/h2-5,11,13,17H,6-9H2,1H3,(H2,15,18)/t11-,13+/m1/s1. The molecular formula is C14H20N2O3. The van der Waals surface area contributed by atoms with Gasteiger partial charge in [-0.25, -0.2) is 0 Å². The van der Waals surface area contributed by atoms with E-state index in [2.05, 4.69) is 0 Å². The Bertz CT molecular complexity index is 433. The van der Waals surface area contributed by atoms with Gasteiger partial charge in [0, 0.05) is 13.1 Å². The van der Waals surface area contributed by atoms with Crippen LogP contribution in [0.25, 0.3) is 0 Å². The Labute approximate surface area is 113 Å². The molecule has 1 heterocycles. The second-order valence-electron chi connectivity index (χ2n) is 4.96. The molecule has 1 aromatic rings. The summed E-state index contributed by atoms with van der Waals surface area (Å²) in [5, 5.41) is 9.58. The first-order valence-electron chi connectivity index (χ1n) is 6.47. The van der Waals surface area contributed by atoms with Crippen molar-refractivity contribution < 1.29 is 14.6 Å². The molecule has 0 unspecified atom stereocenters. The van der Waals surface area contributed by atoms with Crippen LogP contribution in [0.15, 0.2) is 24.3 Å². The van der Waals surface area contributed by atoms with E-state index < -0.39 is 6.10 Å². The first-order valence-corrected chi connectivity index (χ1v) is 6.47. The maximum Gasteiger partial charge on any atom is 0.234 e. The Morgan fingerprint density at radius 1 is 1.47 bits per heavy atom. The summed E-state index contributed by atoms with van der Waals surface area (Å²) in [6.45, 7) is 3.55. The van der Waals surface area contributed by atoms with Crippen molar-refractivity contribution in [3.8, 4) is 5.75 Å². The Kier molecular flexibility index (Phi) is 4.39. The number of aliphatic hydroxyl groups is 1. The molecule has 5 heteroatoms. The zero-order valence-electron chi connectivity index (χ0n) is 11.1. The number of β-amino-alcohol motifs (C(OH)–C–C–N with tert-alkyl or cyclic N) is 1. The van der Waals surface area contributed by atoms with Crippen LogP contribution in [0.1, 0.15) is 12.0 Å². The molecule has 0 aliphatic carbocycles. The van der Waals surface area contributed by atoms with Crippen molar-refractivity contribution in [2.45, 2.75) is 25.5 Å². The van der Waals surface area contributed by atoms with E-state index >= 15 is 0 Å². The summed E-state index contributed by atoms with van der Waals surface area (Å²) in [7, 11) is 0. The second-order valence-corrected chi connectivity index (χ2v) is 4.96. The van der Waals surface area contributed by atoms with Crippen molar-refractivity contribution in [1.29, 1.82) is 0 Å². The molecular weight excluding hydrogens is 244 g/mol. The fourth-order valence-electron chi connectivity index (χ4n) is 2.34. The molecule has 0 spiro atoms. The van der Waals surface area contributed by atoms with Crippen LogP contribution in [-0.4, -0.2) is 47.8 Å². The lowest BCUT2D eigenvalue weighted by atomic mass is 10.2. The van der Waals surface area contributed by atoms with Crippen molar-refractivity contribution in [1.82, 2.24) is 4.90 Å². The Morgan fingerprint density at radius 3 is 2.79 bits per heavy atom. The van der Waals surface area contributed by atoms with Crippen molar-refractivity contribution in [3.05, 3.63) is 29.8 Å². The van der Waals surface area contributed by atoms with Crippen molar-refractivity contribution >= 4 is 5.91 Å². The third-order valence-corrected chi connectivity index (χ3v) is 3.38. The molecule has 1 aliphatic heterocycles. The van der Waals surface area contributed by atoms with Crippen molar-refractivity contribution in [2.24, 2.45) is 5.73 Å². The largest absolute Gasteiger partial charge is 0.492 e. The highest BCUT2D eigenvalue weighted by Gasteiger charge is 2.34. The predicted octanol–water partition coefficient (Wildman–Crippen LogP) is 0.294. The third-order valence-electron chi connectivity index (χ3n) is 3.38. The number of amides is 1. The summed E-state index contributed by atoms with van der Waals surface area (Å²) in [5.74, 6) is 0.424. The minimum Gasteiger partial charge on any atom is -0.492 e. The molecule has 1 aliphatic rings. The van der Waals surface area contributed by atoms with E-state index in [0.717, 1.165) is 5.75 Å². The van der Waals surface area contributed by atoms with Crippen LogP contribution in [0.2, 0.25) is 0 Å². The minimum atomic E-state index is -0.475. The molecule has 0 bridgehead atoms. The van der Waals surface area contributed by atoms with Gasteiger partial charge in [-0.1, -0.05) is 17.7 Å². The molecule has 1 saturated heterocycles. The molecule has 19 heavy (non-hydrogen) atoms. The van der Waals surface area contributed by atoms with Crippen LogP contribution in [0, 0.1) is 6.92 Å². The number of aliphatic hydroxyl groups excluding tert-OH is 1. The van der Waals surface area contributed by atoms with Gasteiger partial charge in [-0.3, -0.25) is 9.69 Å². The molecule has 1 amide bonds. The maximum atomic E-state index is 11.3. The molecule has 2 atom stereocenters. The molecule has 3 N–H and O–H groups in total. The topological polar surface area (TPSA) is 75.8 Å². The van der Waals surface area contributed by atoms with E-state index in [0.29, 0.717) is 26.1 Å². The normalized spacial score (nSPS) is 23.5. The van der Waals surface area contributed by atoms with Gasteiger partial charge in [-0.15, -0.1) is 0 Å². The number of hydrogen-bond acceptors (Lipinski definition) is 4. The zero-order chi connectivity index (χ0) is 13.8. The molecule has 0 radical (unpaired) electrons. The quantitative estimate of drug-likeness (QED) is 0.801. The van der Waals surface area contributed by atoms with Crippen LogP contribution in [0.3, 0.4) is 0 Å². The number of likely N-dealkylation sites (tertiary alicyclic amines) is 1. The molecule has 5 nitrogen and oxygen atoms in total. The summed E-state index contributed by atoms with van der Waals surface area (Å²) in [5.41, 5.74) is 6.50. The molecule has 1 fully saturated rings. The van der Waals surface area contributed by atoms with Gasteiger partial charge in [0.25, 0.3) is 0 Å². The Morgan fingerprint density at radius 2 is 2.16 bits per heavy atom. The third kappa shape index (κ3) is 3.68. The number of ether oxygens (including phenoxy) is 1. The van der Waals surface area contributed by atoms with Gasteiger partial charge in [0.2, 0.25) is 5.91 Å². The number of benzene rings is 1. The first-order chi connectivity index (χ1) is 9.06. The number of aryl methyl sites for hydroxylation is 1. The van der Waals surface area contributed by atoms with Gasteiger partial charge in [0.05, 0.1) is 12.1 Å². The highest BCUT2D eigenvalue weighted by atomic mass is 16.5. The Hall–Kier alpha value is -1.59. The van der Waals surface area contributed by atoms with Crippen LogP contribution in [-0.2, 0) is 4.79 Å². The summed E-state index contributed by atoms with van der Waals surface area (Å²) in [6.07, 6.45) is -0.0586. The van der Waals surface area contributed by atoms with Gasteiger partial charge >= 0.3 is 0 Å². The van der Waals surface area contributed by atoms with E-state index in [9.17, 15) is 9.90 Å². The fraction of sp³-hybridized carbons (Fsp3) is 0.500. The van der Waals surface area contributed by atoms with Crippen molar-refractivity contribution in [2.75, 3.05) is 19.7 Å². The van der Waals surface area contributed by atoms with E-state index in [4.69, 9.17) is 10.5 Å².